The normalized spacial score (nSPS) is 19.7. The lowest BCUT2D eigenvalue weighted by molar-refractivity contribution is -0.147. The maximum Gasteiger partial charge on any atom is 0.326 e. The first kappa shape index (κ1) is 22.7. The van der Waals surface area contributed by atoms with E-state index in [1.165, 1.54) is 11.8 Å². The fourth-order valence-electron chi connectivity index (χ4n) is 2.64. The van der Waals surface area contributed by atoms with Gasteiger partial charge in [-0.15, -0.1) is 0 Å². The second kappa shape index (κ2) is 10.1. The van der Waals surface area contributed by atoms with E-state index in [1.807, 2.05) is 0 Å². The van der Waals surface area contributed by atoms with Gasteiger partial charge in [0.2, 0.25) is 17.7 Å². The average Bonchev–Trinajstić information content (AvgIpc) is 3.08. The highest BCUT2D eigenvalue weighted by atomic mass is 32.1. The van der Waals surface area contributed by atoms with Crippen molar-refractivity contribution in [1.29, 1.82) is 0 Å². The first-order valence-electron chi connectivity index (χ1n) is 8.30. The van der Waals surface area contributed by atoms with E-state index in [9.17, 15) is 24.0 Å². The molecule has 0 bridgehead atoms. The number of carboxylic acid groups (broad SMARTS) is 2. The number of nitrogens with two attached hydrogens (primary N) is 1. The van der Waals surface area contributed by atoms with Crippen LogP contribution in [0.5, 0.6) is 0 Å². The maximum atomic E-state index is 12.4. The predicted molar refractivity (Wildman–Crippen MR) is 96.0 cm³/mol. The third-order valence-electron chi connectivity index (χ3n) is 4.10. The largest absolute Gasteiger partial charge is 0.481 e. The summed E-state index contributed by atoms with van der Waals surface area (Å²) >= 11 is 3.97. The molecule has 1 heterocycles. The van der Waals surface area contributed by atoms with Crippen molar-refractivity contribution in [3.63, 3.8) is 0 Å². The minimum absolute atomic E-state index is 0.128. The van der Waals surface area contributed by atoms with Crippen LogP contribution in [0, 0.1) is 0 Å². The van der Waals surface area contributed by atoms with E-state index in [0.717, 1.165) is 0 Å². The van der Waals surface area contributed by atoms with Crippen LogP contribution in [0.3, 0.4) is 0 Å². The molecule has 0 aromatic rings. The quantitative estimate of drug-likeness (QED) is 0.234. The van der Waals surface area contributed by atoms with Crippen molar-refractivity contribution in [1.82, 2.24) is 15.5 Å². The first-order chi connectivity index (χ1) is 12.6. The van der Waals surface area contributed by atoms with E-state index in [0.29, 0.717) is 19.4 Å². The lowest BCUT2D eigenvalue weighted by Crippen LogP contribution is -2.56. The molecule has 0 aromatic carbocycles. The van der Waals surface area contributed by atoms with Crippen molar-refractivity contribution >= 4 is 42.3 Å². The van der Waals surface area contributed by atoms with Crippen molar-refractivity contribution in [3.05, 3.63) is 0 Å². The van der Waals surface area contributed by atoms with Gasteiger partial charge in [0.15, 0.2) is 0 Å². The van der Waals surface area contributed by atoms with Gasteiger partial charge in [-0.3, -0.25) is 19.2 Å². The summed E-state index contributed by atoms with van der Waals surface area (Å²) in [7, 11) is 0. The smallest absolute Gasteiger partial charge is 0.326 e. The van der Waals surface area contributed by atoms with Gasteiger partial charge in [-0.25, -0.2) is 4.79 Å². The minimum Gasteiger partial charge on any atom is -0.481 e. The number of hydrogen-bond donors (Lipinski definition) is 6. The van der Waals surface area contributed by atoms with Crippen LogP contribution in [0.4, 0.5) is 0 Å². The molecule has 1 rings (SSSR count). The molecule has 1 fully saturated rings. The second-order valence-electron chi connectivity index (χ2n) is 6.21. The van der Waals surface area contributed by atoms with E-state index in [-0.39, 0.29) is 5.75 Å². The predicted octanol–water partition coefficient (Wildman–Crippen LogP) is -2.22. The Bertz CT molecular complexity index is 615. The zero-order chi connectivity index (χ0) is 20.7. The number of hydrogen-bond acceptors (Lipinski definition) is 7. The molecule has 27 heavy (non-hydrogen) atoms. The summed E-state index contributed by atoms with van der Waals surface area (Å²) in [5, 5.41) is 22.1. The van der Waals surface area contributed by atoms with Crippen LogP contribution in [0.1, 0.15) is 26.2 Å². The van der Waals surface area contributed by atoms with E-state index < -0.39 is 60.2 Å². The number of carbonyl (C=O) groups excluding carboxylic acids is 3. The molecule has 0 spiro atoms. The molecule has 0 aromatic heterocycles. The highest BCUT2D eigenvalue weighted by molar-refractivity contribution is 7.80. The molecule has 1 aliphatic rings. The Morgan fingerprint density at radius 1 is 1.22 bits per heavy atom. The van der Waals surface area contributed by atoms with E-state index in [2.05, 4.69) is 23.3 Å². The van der Waals surface area contributed by atoms with Crippen LogP contribution in [0.15, 0.2) is 0 Å². The fourth-order valence-corrected chi connectivity index (χ4v) is 2.80. The Morgan fingerprint density at radius 2 is 1.85 bits per heavy atom. The van der Waals surface area contributed by atoms with Crippen LogP contribution in [-0.4, -0.2) is 81.2 Å². The molecule has 4 atom stereocenters. The van der Waals surface area contributed by atoms with Gasteiger partial charge in [0.05, 0.1) is 12.5 Å². The van der Waals surface area contributed by atoms with Crippen LogP contribution in [0.25, 0.3) is 0 Å². The lowest BCUT2D eigenvalue weighted by atomic mass is 10.1. The highest BCUT2D eigenvalue weighted by Gasteiger charge is 2.37. The summed E-state index contributed by atoms with van der Waals surface area (Å²) in [6, 6.07) is -4.36. The molecule has 0 saturated carbocycles. The third kappa shape index (κ3) is 6.40. The highest BCUT2D eigenvalue weighted by Crippen LogP contribution is 2.18. The molecule has 1 saturated heterocycles. The molecule has 4 unspecified atom stereocenters. The van der Waals surface area contributed by atoms with Gasteiger partial charge in [-0.2, -0.15) is 12.6 Å². The van der Waals surface area contributed by atoms with Crippen LogP contribution in [0.2, 0.25) is 0 Å². The molecule has 6 N–H and O–H groups in total. The Morgan fingerprint density at radius 3 is 2.37 bits per heavy atom. The number of amides is 3. The van der Waals surface area contributed by atoms with Crippen LogP contribution in [-0.2, 0) is 24.0 Å². The first-order valence-corrected chi connectivity index (χ1v) is 8.94. The van der Waals surface area contributed by atoms with Crippen molar-refractivity contribution in [2.45, 2.75) is 50.4 Å². The summed E-state index contributed by atoms with van der Waals surface area (Å²) in [4.78, 5) is 59.7. The molecular formula is C15H24N4O7S. The Hall–Kier alpha value is -2.34. The van der Waals surface area contributed by atoms with Crippen molar-refractivity contribution < 1.29 is 34.2 Å². The van der Waals surface area contributed by atoms with Crippen molar-refractivity contribution in [3.8, 4) is 0 Å². The number of carboxylic acids is 2. The van der Waals surface area contributed by atoms with Gasteiger partial charge in [0.25, 0.3) is 0 Å². The fraction of sp³-hybridized carbons (Fsp3) is 0.667. The van der Waals surface area contributed by atoms with Gasteiger partial charge in [-0.05, 0) is 19.8 Å². The van der Waals surface area contributed by atoms with Gasteiger partial charge < -0.3 is 31.5 Å². The summed E-state index contributed by atoms with van der Waals surface area (Å²) in [6.45, 7) is 1.69. The Kier molecular flexibility index (Phi) is 8.50. The number of rotatable bonds is 9. The van der Waals surface area contributed by atoms with E-state index in [4.69, 9.17) is 15.9 Å². The van der Waals surface area contributed by atoms with Gasteiger partial charge in [0.1, 0.15) is 18.1 Å². The molecule has 152 valence electrons. The number of nitrogens with one attached hydrogen (secondary N) is 2. The number of carbonyl (C=O) groups is 5. The number of nitrogens with zero attached hydrogens (tertiary/aromatic N) is 1. The zero-order valence-electron chi connectivity index (χ0n) is 14.8. The second-order valence-corrected chi connectivity index (χ2v) is 6.57. The SMILES string of the molecule is CC(NC(=O)C1CCCN1C(=O)C(N)CS)C(=O)NC(CC(=O)O)C(=O)O. The summed E-state index contributed by atoms with van der Waals surface area (Å²) in [5.74, 6) is -4.59. The minimum atomic E-state index is -1.62. The molecule has 0 aliphatic carbocycles. The Balaban J connectivity index is 2.69. The number of aliphatic carboxylic acids is 2. The average molecular weight is 404 g/mol. The van der Waals surface area contributed by atoms with E-state index >= 15 is 0 Å². The maximum absolute atomic E-state index is 12.4. The van der Waals surface area contributed by atoms with Gasteiger partial charge in [-0.1, -0.05) is 0 Å². The van der Waals surface area contributed by atoms with Crippen LogP contribution < -0.4 is 16.4 Å². The molecule has 11 nitrogen and oxygen atoms in total. The third-order valence-corrected chi connectivity index (χ3v) is 4.49. The summed E-state index contributed by atoms with van der Waals surface area (Å²) < 4.78 is 0. The molecular weight excluding hydrogens is 380 g/mol. The molecule has 3 amide bonds. The van der Waals surface area contributed by atoms with Crippen molar-refractivity contribution in [2.75, 3.05) is 12.3 Å². The van der Waals surface area contributed by atoms with Gasteiger partial charge in [0, 0.05) is 12.3 Å². The number of likely N-dealkylation sites (tertiary alicyclic amines) is 1. The lowest BCUT2D eigenvalue weighted by Gasteiger charge is -2.27. The Labute approximate surface area is 161 Å². The summed E-state index contributed by atoms with van der Waals surface area (Å²) in [5.41, 5.74) is 5.66. The monoisotopic (exact) mass is 404 g/mol. The zero-order valence-corrected chi connectivity index (χ0v) is 15.6. The van der Waals surface area contributed by atoms with Crippen molar-refractivity contribution in [2.24, 2.45) is 5.73 Å². The topological polar surface area (TPSA) is 179 Å². The molecule has 12 heteroatoms. The van der Waals surface area contributed by atoms with E-state index in [1.54, 1.807) is 0 Å². The number of thiol groups is 1. The molecule has 1 aliphatic heterocycles. The van der Waals surface area contributed by atoms with Crippen LogP contribution >= 0.6 is 12.6 Å². The van der Waals surface area contributed by atoms with Gasteiger partial charge >= 0.3 is 11.9 Å². The summed E-state index contributed by atoms with van der Waals surface area (Å²) in [6.07, 6.45) is 0.208. The standard InChI is InChI=1S/C15H24N4O7S/c1-7(12(22)18-9(15(25)26)5-11(20)21)17-13(23)10-3-2-4-19(10)14(24)8(16)6-27/h7-10,27H,2-6,16H2,1H3,(H,17,23)(H,18,22)(H,20,21)(H,25,26). The molecule has 0 radical (unpaired) electrons.